The number of aryl methyl sites for hydroxylation is 1. The van der Waals surface area contributed by atoms with Gasteiger partial charge in [-0.15, -0.1) is 0 Å². The zero-order valence-electron chi connectivity index (χ0n) is 15.7. The second kappa shape index (κ2) is 8.84. The molecule has 3 aromatic rings. The molecule has 2 heterocycles. The number of aromatic carboxylic acids is 1. The highest BCUT2D eigenvalue weighted by Gasteiger charge is 2.17. The number of carbonyl (C=O) groups excluding carboxylic acids is 1. The number of nitrogens with zero attached hydrogens (tertiary/aromatic N) is 2. The van der Waals surface area contributed by atoms with Gasteiger partial charge in [0.2, 0.25) is 0 Å². The maximum atomic E-state index is 12.1. The Bertz CT molecular complexity index is 962. The van der Waals surface area contributed by atoms with Crippen LogP contribution in [0.15, 0.2) is 42.6 Å². The molecule has 0 amide bonds. The topological polar surface area (TPSA) is 90.7 Å². The lowest BCUT2D eigenvalue weighted by molar-refractivity contribution is 0.0515. The third kappa shape index (κ3) is 4.25. The van der Waals surface area contributed by atoms with E-state index in [9.17, 15) is 9.59 Å². The number of carbonyl (C=O) groups is 2. The fourth-order valence-electron chi connectivity index (χ4n) is 2.58. The number of benzene rings is 1. The van der Waals surface area contributed by atoms with Crippen LogP contribution in [0.4, 0.5) is 0 Å². The van der Waals surface area contributed by atoms with E-state index in [-0.39, 0.29) is 5.69 Å². The molecule has 0 unspecified atom stereocenters. The number of carboxylic acid groups (broad SMARTS) is 1. The Hall–Kier alpha value is -3.35. The first-order chi connectivity index (χ1) is 13.0. The van der Waals surface area contributed by atoms with Crippen LogP contribution in [0.5, 0.6) is 11.5 Å². The van der Waals surface area contributed by atoms with Gasteiger partial charge in [0.05, 0.1) is 12.1 Å². The first-order valence-corrected chi connectivity index (χ1v) is 8.64. The third-order valence-electron chi connectivity index (χ3n) is 3.68. The second-order valence-corrected chi connectivity index (χ2v) is 5.29. The predicted octanol–water partition coefficient (Wildman–Crippen LogP) is 4.27. The summed E-state index contributed by atoms with van der Waals surface area (Å²) in [6, 6.07) is 10.1. The fraction of sp³-hybridized carbons (Fsp3) is 0.250. The van der Waals surface area contributed by atoms with E-state index in [1.165, 1.54) is 12.3 Å². The molecule has 0 bridgehead atoms. The highest BCUT2D eigenvalue weighted by Crippen LogP contribution is 2.32. The number of pyridine rings is 1. The molecule has 0 aliphatic heterocycles. The molecule has 0 spiro atoms. The van der Waals surface area contributed by atoms with Gasteiger partial charge in [-0.3, -0.25) is 0 Å². The van der Waals surface area contributed by atoms with Gasteiger partial charge >= 0.3 is 11.9 Å². The molecule has 1 aromatic carbocycles. The average Bonchev–Trinajstić information content (AvgIpc) is 3.02. The maximum Gasteiger partial charge on any atom is 0.354 e. The minimum Gasteiger partial charge on any atom is -0.477 e. The Morgan fingerprint density at radius 2 is 1.93 bits per heavy atom. The number of ether oxygens (including phenoxy) is 2. The van der Waals surface area contributed by atoms with Crippen molar-refractivity contribution in [1.29, 1.82) is 0 Å². The van der Waals surface area contributed by atoms with Crippen molar-refractivity contribution in [3.63, 3.8) is 0 Å². The SMILES string of the molecule is CC.CCOC(=O)c1cc2cccc(Oc3ccnc(C(=O)O)c3)c2n1C. The summed E-state index contributed by atoms with van der Waals surface area (Å²) in [7, 11) is 1.75. The maximum absolute atomic E-state index is 12.1. The summed E-state index contributed by atoms with van der Waals surface area (Å²) < 4.78 is 12.6. The van der Waals surface area contributed by atoms with Gasteiger partial charge in [-0.05, 0) is 25.1 Å². The van der Waals surface area contributed by atoms with Crippen molar-refractivity contribution in [2.75, 3.05) is 6.61 Å². The van der Waals surface area contributed by atoms with Crippen molar-refractivity contribution in [1.82, 2.24) is 9.55 Å². The van der Waals surface area contributed by atoms with Crippen molar-refractivity contribution >= 4 is 22.8 Å². The van der Waals surface area contributed by atoms with Crippen molar-refractivity contribution in [3.8, 4) is 11.5 Å². The molecule has 7 nitrogen and oxygen atoms in total. The summed E-state index contributed by atoms with van der Waals surface area (Å²) >= 11 is 0. The van der Waals surface area contributed by atoms with Crippen molar-refractivity contribution in [2.24, 2.45) is 7.05 Å². The standard InChI is InChI=1S/C18H16N2O5.C2H6/c1-3-24-18(23)14-9-11-5-4-6-15(16(11)20(14)2)25-12-7-8-19-13(10-12)17(21)22;1-2/h4-10H,3H2,1-2H3,(H,21,22);1-2H3. The van der Waals surface area contributed by atoms with Gasteiger partial charge in [-0.1, -0.05) is 26.0 Å². The summed E-state index contributed by atoms with van der Waals surface area (Å²) in [5.74, 6) is -0.701. The molecule has 2 aromatic heterocycles. The number of hydrogen-bond donors (Lipinski definition) is 1. The van der Waals surface area contributed by atoms with Crippen LogP contribution in [0.25, 0.3) is 10.9 Å². The average molecular weight is 370 g/mol. The summed E-state index contributed by atoms with van der Waals surface area (Å²) in [5.41, 5.74) is 1.01. The minimum atomic E-state index is -1.13. The smallest absolute Gasteiger partial charge is 0.354 e. The predicted molar refractivity (Wildman–Crippen MR) is 101 cm³/mol. The Balaban J connectivity index is 0.00000126. The van der Waals surface area contributed by atoms with Crippen molar-refractivity contribution in [3.05, 3.63) is 54.0 Å². The number of rotatable bonds is 5. The Morgan fingerprint density at radius 3 is 2.59 bits per heavy atom. The largest absolute Gasteiger partial charge is 0.477 e. The van der Waals surface area contributed by atoms with Gasteiger partial charge in [0, 0.05) is 24.7 Å². The molecule has 0 saturated carbocycles. The zero-order chi connectivity index (χ0) is 20.0. The number of fused-ring (bicyclic) bond motifs is 1. The molecule has 27 heavy (non-hydrogen) atoms. The highest BCUT2D eigenvalue weighted by atomic mass is 16.5. The molecule has 0 saturated heterocycles. The van der Waals surface area contributed by atoms with Gasteiger partial charge < -0.3 is 19.1 Å². The quantitative estimate of drug-likeness (QED) is 0.675. The molecule has 0 atom stereocenters. The monoisotopic (exact) mass is 370 g/mol. The lowest BCUT2D eigenvalue weighted by Gasteiger charge is -2.10. The van der Waals surface area contributed by atoms with E-state index < -0.39 is 11.9 Å². The number of esters is 1. The molecule has 0 aliphatic carbocycles. The van der Waals surface area contributed by atoms with Crippen LogP contribution < -0.4 is 4.74 Å². The van der Waals surface area contributed by atoms with Gasteiger partial charge in [0.1, 0.15) is 11.4 Å². The van der Waals surface area contributed by atoms with E-state index in [0.29, 0.717) is 29.3 Å². The first-order valence-electron chi connectivity index (χ1n) is 8.64. The van der Waals surface area contributed by atoms with Crippen molar-refractivity contribution in [2.45, 2.75) is 20.8 Å². The molecular weight excluding hydrogens is 348 g/mol. The number of hydrogen-bond acceptors (Lipinski definition) is 5. The van der Waals surface area contributed by atoms with E-state index >= 15 is 0 Å². The van der Waals surface area contributed by atoms with Gasteiger partial charge in [0.15, 0.2) is 11.4 Å². The Labute approximate surface area is 157 Å². The molecule has 3 rings (SSSR count). The number of carboxylic acids is 1. The highest BCUT2D eigenvalue weighted by molar-refractivity contribution is 5.97. The molecule has 142 valence electrons. The summed E-state index contributed by atoms with van der Waals surface area (Å²) in [6.45, 7) is 6.04. The van der Waals surface area contributed by atoms with Gasteiger partial charge in [-0.2, -0.15) is 0 Å². The van der Waals surface area contributed by atoms with Crippen LogP contribution in [0.1, 0.15) is 41.7 Å². The fourth-order valence-corrected chi connectivity index (χ4v) is 2.58. The summed E-state index contributed by atoms with van der Waals surface area (Å²) in [6.07, 6.45) is 1.37. The minimum absolute atomic E-state index is 0.108. The molecule has 7 heteroatoms. The van der Waals surface area contributed by atoms with E-state index in [1.807, 2.05) is 19.9 Å². The van der Waals surface area contributed by atoms with Crippen LogP contribution in [0.3, 0.4) is 0 Å². The van der Waals surface area contributed by atoms with Gasteiger partial charge in [0.25, 0.3) is 0 Å². The molecular formula is C20H22N2O5. The molecule has 0 aliphatic rings. The molecule has 0 radical (unpaired) electrons. The van der Waals surface area contributed by atoms with Gasteiger partial charge in [-0.25, -0.2) is 14.6 Å². The lowest BCUT2D eigenvalue weighted by atomic mass is 10.2. The van der Waals surface area contributed by atoms with Crippen LogP contribution in [0, 0.1) is 0 Å². The normalized spacial score (nSPS) is 10.1. The Kier molecular flexibility index (Phi) is 6.54. The van der Waals surface area contributed by atoms with Crippen molar-refractivity contribution < 1.29 is 24.2 Å². The summed E-state index contributed by atoms with van der Waals surface area (Å²) in [4.78, 5) is 26.9. The third-order valence-corrected chi connectivity index (χ3v) is 3.68. The van der Waals surface area contributed by atoms with E-state index in [0.717, 1.165) is 5.39 Å². The lowest BCUT2D eigenvalue weighted by Crippen LogP contribution is -2.09. The molecule has 0 fully saturated rings. The second-order valence-electron chi connectivity index (χ2n) is 5.29. The number of aromatic nitrogens is 2. The first kappa shape index (κ1) is 20.0. The van der Waals surface area contributed by atoms with E-state index in [2.05, 4.69) is 4.98 Å². The van der Waals surface area contributed by atoms with Crippen LogP contribution >= 0.6 is 0 Å². The van der Waals surface area contributed by atoms with Crippen LogP contribution in [0.2, 0.25) is 0 Å². The summed E-state index contributed by atoms with van der Waals surface area (Å²) in [5, 5.41) is 9.85. The van der Waals surface area contributed by atoms with Crippen LogP contribution in [-0.2, 0) is 11.8 Å². The van der Waals surface area contributed by atoms with Crippen LogP contribution in [-0.4, -0.2) is 33.2 Å². The Morgan fingerprint density at radius 1 is 1.19 bits per heavy atom. The molecule has 1 N–H and O–H groups in total. The zero-order valence-corrected chi connectivity index (χ0v) is 15.7. The van der Waals surface area contributed by atoms with E-state index in [4.69, 9.17) is 14.6 Å². The van der Waals surface area contributed by atoms with E-state index in [1.54, 1.807) is 42.8 Å². The number of para-hydroxylation sites is 1.